The maximum absolute atomic E-state index is 12.3. The number of rotatable bonds is 3. The topological polar surface area (TPSA) is 49.4 Å². The fourth-order valence-electron chi connectivity index (χ4n) is 2.55. The summed E-state index contributed by atoms with van der Waals surface area (Å²) in [6, 6.07) is 3.29. The van der Waals surface area contributed by atoms with Crippen molar-refractivity contribution in [2.75, 3.05) is 0 Å². The van der Waals surface area contributed by atoms with Gasteiger partial charge in [0.05, 0.1) is 10.3 Å². The number of nitrogens with zero attached hydrogens (tertiary/aromatic N) is 1. The number of carbonyl (C=O) groups excluding carboxylic acids is 2. The number of piperazine rings is 1. The van der Waals surface area contributed by atoms with Crippen LogP contribution in [-0.4, -0.2) is 28.8 Å². The first kappa shape index (κ1) is 13.1. The summed E-state index contributed by atoms with van der Waals surface area (Å²) < 4.78 is 1.05. The second-order valence-corrected chi connectivity index (χ2v) is 7.73. The summed E-state index contributed by atoms with van der Waals surface area (Å²) in [7, 11) is 0. The van der Waals surface area contributed by atoms with E-state index in [0.717, 1.165) is 21.5 Å². The lowest BCUT2D eigenvalue weighted by Gasteiger charge is -2.38. The molecule has 2 fully saturated rings. The average molecular weight is 343 g/mol. The number of carbonyl (C=O) groups is 2. The molecule has 0 bridgehead atoms. The van der Waals surface area contributed by atoms with Crippen LogP contribution in [0.25, 0.3) is 0 Å². The van der Waals surface area contributed by atoms with Gasteiger partial charge in [0.15, 0.2) is 0 Å². The molecule has 1 N–H and O–H groups in total. The first-order valence-corrected chi connectivity index (χ1v) is 8.02. The zero-order chi connectivity index (χ0) is 13.6. The van der Waals surface area contributed by atoms with E-state index in [1.165, 1.54) is 0 Å². The van der Waals surface area contributed by atoms with Crippen molar-refractivity contribution >= 4 is 39.1 Å². The molecule has 4 nitrogen and oxygen atoms in total. The SMILES string of the molecule is CC1NC(=O)C(C2CC2)N(Cc2ccc(Br)s2)C1=O. The molecular weight excluding hydrogens is 328 g/mol. The number of hydrogen-bond acceptors (Lipinski definition) is 3. The van der Waals surface area contributed by atoms with Gasteiger partial charge in [-0.25, -0.2) is 0 Å². The Morgan fingerprint density at radius 2 is 2.16 bits per heavy atom. The molecule has 1 saturated carbocycles. The van der Waals surface area contributed by atoms with Gasteiger partial charge in [-0.15, -0.1) is 11.3 Å². The van der Waals surface area contributed by atoms with Crippen molar-refractivity contribution in [1.82, 2.24) is 10.2 Å². The average Bonchev–Trinajstić information content (AvgIpc) is 3.09. The predicted octanol–water partition coefficient (Wildman–Crippen LogP) is 2.14. The number of hydrogen-bond donors (Lipinski definition) is 1. The van der Waals surface area contributed by atoms with Gasteiger partial charge in [0.25, 0.3) is 0 Å². The summed E-state index contributed by atoms with van der Waals surface area (Å²) in [5, 5.41) is 2.79. The number of thiophene rings is 1. The van der Waals surface area contributed by atoms with Gasteiger partial charge in [0, 0.05) is 4.88 Å². The molecule has 1 aromatic rings. The van der Waals surface area contributed by atoms with Crippen molar-refractivity contribution in [1.29, 1.82) is 0 Å². The van der Waals surface area contributed by atoms with E-state index >= 15 is 0 Å². The molecule has 2 amide bonds. The minimum absolute atomic E-state index is 0.00484. The molecule has 19 heavy (non-hydrogen) atoms. The summed E-state index contributed by atoms with van der Waals surface area (Å²) in [5.41, 5.74) is 0. The molecule has 2 aliphatic rings. The lowest BCUT2D eigenvalue weighted by molar-refractivity contribution is -0.150. The van der Waals surface area contributed by atoms with E-state index in [9.17, 15) is 9.59 Å². The first-order chi connectivity index (χ1) is 9.06. The third-order valence-electron chi connectivity index (χ3n) is 3.64. The molecule has 0 spiro atoms. The van der Waals surface area contributed by atoms with Gasteiger partial charge in [0.2, 0.25) is 11.8 Å². The van der Waals surface area contributed by atoms with Crippen molar-refractivity contribution in [3.8, 4) is 0 Å². The highest BCUT2D eigenvalue weighted by Gasteiger charge is 2.46. The first-order valence-electron chi connectivity index (χ1n) is 6.41. The molecule has 2 unspecified atom stereocenters. The van der Waals surface area contributed by atoms with Crippen LogP contribution >= 0.6 is 27.3 Å². The maximum Gasteiger partial charge on any atom is 0.245 e. The van der Waals surface area contributed by atoms with Gasteiger partial charge in [-0.1, -0.05) is 0 Å². The van der Waals surface area contributed by atoms with E-state index in [-0.39, 0.29) is 17.9 Å². The largest absolute Gasteiger partial charge is 0.343 e. The van der Waals surface area contributed by atoms with Gasteiger partial charge >= 0.3 is 0 Å². The summed E-state index contributed by atoms with van der Waals surface area (Å²) in [6.45, 7) is 2.29. The van der Waals surface area contributed by atoms with E-state index in [2.05, 4.69) is 21.2 Å². The van der Waals surface area contributed by atoms with Crippen molar-refractivity contribution < 1.29 is 9.59 Å². The van der Waals surface area contributed by atoms with Crippen LogP contribution in [-0.2, 0) is 16.1 Å². The van der Waals surface area contributed by atoms with E-state index in [1.807, 2.05) is 12.1 Å². The third-order valence-corrected chi connectivity index (χ3v) is 5.25. The van der Waals surface area contributed by atoms with Gasteiger partial charge < -0.3 is 10.2 Å². The highest BCUT2D eigenvalue weighted by Crippen LogP contribution is 2.38. The minimum atomic E-state index is -0.411. The standard InChI is InChI=1S/C13H15BrN2O2S/c1-7-13(18)16(6-9-4-5-10(14)19-9)11(8-2-3-8)12(17)15-7/h4-5,7-8,11H,2-3,6H2,1H3,(H,15,17). The van der Waals surface area contributed by atoms with Gasteiger partial charge in [-0.3, -0.25) is 9.59 Å². The van der Waals surface area contributed by atoms with Crippen LogP contribution < -0.4 is 5.32 Å². The number of halogens is 1. The molecule has 0 radical (unpaired) electrons. The molecule has 1 aliphatic heterocycles. The monoisotopic (exact) mass is 342 g/mol. The van der Waals surface area contributed by atoms with Crippen molar-refractivity contribution in [2.24, 2.45) is 5.92 Å². The molecule has 1 aliphatic carbocycles. The quantitative estimate of drug-likeness (QED) is 0.914. The molecule has 1 saturated heterocycles. The third kappa shape index (κ3) is 2.56. The molecule has 0 aromatic carbocycles. The van der Waals surface area contributed by atoms with Gasteiger partial charge in [-0.2, -0.15) is 0 Å². The highest BCUT2D eigenvalue weighted by atomic mass is 79.9. The lowest BCUT2D eigenvalue weighted by Crippen LogP contribution is -2.62. The number of amides is 2. The molecule has 1 aromatic heterocycles. The van der Waals surface area contributed by atoms with Crippen LogP contribution in [0.4, 0.5) is 0 Å². The fraction of sp³-hybridized carbons (Fsp3) is 0.538. The van der Waals surface area contributed by atoms with E-state index < -0.39 is 6.04 Å². The normalized spacial score (nSPS) is 27.6. The second kappa shape index (κ2) is 4.90. The molecule has 2 atom stereocenters. The van der Waals surface area contributed by atoms with Gasteiger partial charge in [-0.05, 0) is 53.7 Å². The Morgan fingerprint density at radius 3 is 2.74 bits per heavy atom. The zero-order valence-electron chi connectivity index (χ0n) is 10.6. The molecule has 2 heterocycles. The predicted molar refractivity (Wildman–Crippen MR) is 76.7 cm³/mol. The fourth-order valence-corrected chi connectivity index (χ4v) is 4.03. The number of nitrogens with one attached hydrogen (secondary N) is 1. The minimum Gasteiger partial charge on any atom is -0.343 e. The second-order valence-electron chi connectivity index (χ2n) is 5.18. The Balaban J connectivity index is 1.84. The van der Waals surface area contributed by atoms with Crippen LogP contribution in [0.3, 0.4) is 0 Å². The van der Waals surface area contributed by atoms with Gasteiger partial charge in [0.1, 0.15) is 12.1 Å². The molecule has 6 heteroatoms. The smallest absolute Gasteiger partial charge is 0.245 e. The Morgan fingerprint density at radius 1 is 1.42 bits per heavy atom. The highest BCUT2D eigenvalue weighted by molar-refractivity contribution is 9.11. The van der Waals surface area contributed by atoms with Crippen LogP contribution in [0.1, 0.15) is 24.6 Å². The molecule has 102 valence electrons. The molecular formula is C13H15BrN2O2S. The zero-order valence-corrected chi connectivity index (χ0v) is 13.0. The van der Waals surface area contributed by atoms with Crippen LogP contribution in [0.15, 0.2) is 15.9 Å². The summed E-state index contributed by atoms with van der Waals surface area (Å²) >= 11 is 5.04. The Kier molecular flexibility index (Phi) is 3.39. The summed E-state index contributed by atoms with van der Waals surface area (Å²) in [6.07, 6.45) is 2.09. The van der Waals surface area contributed by atoms with Crippen molar-refractivity contribution in [3.05, 3.63) is 20.8 Å². The summed E-state index contributed by atoms with van der Waals surface area (Å²) in [4.78, 5) is 27.3. The Bertz CT molecular complexity index is 526. The van der Waals surface area contributed by atoms with Crippen LogP contribution in [0.5, 0.6) is 0 Å². The Labute approximate surface area is 124 Å². The van der Waals surface area contributed by atoms with E-state index in [1.54, 1.807) is 23.2 Å². The van der Waals surface area contributed by atoms with Crippen LogP contribution in [0.2, 0.25) is 0 Å². The van der Waals surface area contributed by atoms with E-state index in [4.69, 9.17) is 0 Å². The van der Waals surface area contributed by atoms with Crippen molar-refractivity contribution in [3.63, 3.8) is 0 Å². The van der Waals surface area contributed by atoms with Crippen LogP contribution in [0, 0.1) is 5.92 Å². The molecule has 3 rings (SSSR count). The maximum atomic E-state index is 12.3. The van der Waals surface area contributed by atoms with Crippen molar-refractivity contribution in [2.45, 2.75) is 38.4 Å². The lowest BCUT2D eigenvalue weighted by atomic mass is 10.0. The summed E-state index contributed by atoms with van der Waals surface area (Å²) in [5.74, 6) is 0.381. The Hall–Kier alpha value is -0.880. The van der Waals surface area contributed by atoms with E-state index in [0.29, 0.717) is 12.5 Å².